The van der Waals surface area contributed by atoms with Gasteiger partial charge in [-0.1, -0.05) is 24.3 Å². The second-order valence-electron chi connectivity index (χ2n) is 4.45. The van der Waals surface area contributed by atoms with Gasteiger partial charge >= 0.3 is 0 Å². The average molecular weight is 241 g/mol. The van der Waals surface area contributed by atoms with Crippen LogP contribution in [0.25, 0.3) is 10.9 Å². The van der Waals surface area contributed by atoms with Gasteiger partial charge in [-0.05, 0) is 24.1 Å². The van der Waals surface area contributed by atoms with E-state index < -0.39 is 0 Å². The Morgan fingerprint density at radius 2 is 2.17 bits per heavy atom. The molecule has 3 rings (SSSR count). The molecule has 1 aromatic heterocycles. The number of rotatable bonds is 1. The van der Waals surface area contributed by atoms with E-state index in [1.165, 1.54) is 6.07 Å². The van der Waals surface area contributed by atoms with Crippen molar-refractivity contribution in [1.29, 1.82) is 0 Å². The van der Waals surface area contributed by atoms with Gasteiger partial charge in [-0.25, -0.2) is 4.39 Å². The van der Waals surface area contributed by atoms with Gasteiger partial charge in [0.05, 0.1) is 5.92 Å². The lowest BCUT2D eigenvalue weighted by Gasteiger charge is -2.17. The van der Waals surface area contributed by atoms with Gasteiger partial charge in [0.15, 0.2) is 0 Å². The Kier molecular flexibility index (Phi) is 2.67. The van der Waals surface area contributed by atoms with Crippen LogP contribution in [0.3, 0.4) is 0 Å². The molecule has 0 spiro atoms. The first-order valence-electron chi connectivity index (χ1n) is 6.00. The number of allylic oxidation sites excluding steroid dienone is 2. The number of pyridine rings is 1. The molecule has 0 amide bonds. The third-order valence-corrected chi connectivity index (χ3v) is 3.32. The molecule has 2 aromatic rings. The lowest BCUT2D eigenvalue weighted by atomic mass is 9.86. The van der Waals surface area contributed by atoms with Crippen molar-refractivity contribution in [2.45, 2.75) is 18.8 Å². The molecule has 1 aliphatic rings. The Labute approximate surface area is 104 Å². The summed E-state index contributed by atoms with van der Waals surface area (Å²) in [5.74, 6) is -0.415. The minimum atomic E-state index is -0.346. The van der Waals surface area contributed by atoms with Crippen molar-refractivity contribution in [2.24, 2.45) is 0 Å². The molecule has 0 N–H and O–H groups in total. The van der Waals surface area contributed by atoms with Crippen molar-refractivity contribution in [1.82, 2.24) is 4.98 Å². The number of aromatic nitrogens is 1. The summed E-state index contributed by atoms with van der Waals surface area (Å²) >= 11 is 0. The van der Waals surface area contributed by atoms with Crippen LogP contribution in [-0.4, -0.2) is 10.8 Å². The number of halogens is 1. The fraction of sp³-hybridized carbons (Fsp3) is 0.200. The first kappa shape index (κ1) is 11.1. The van der Waals surface area contributed by atoms with E-state index in [1.807, 2.05) is 18.2 Å². The van der Waals surface area contributed by atoms with Crippen LogP contribution in [0.2, 0.25) is 0 Å². The average Bonchev–Trinajstić information content (AvgIpc) is 2.40. The van der Waals surface area contributed by atoms with Crippen LogP contribution < -0.4 is 0 Å². The van der Waals surface area contributed by atoms with Crippen molar-refractivity contribution in [3.8, 4) is 0 Å². The fourth-order valence-corrected chi connectivity index (χ4v) is 2.43. The number of nitrogens with zero attached hydrogens (tertiary/aromatic N) is 1. The van der Waals surface area contributed by atoms with Crippen molar-refractivity contribution in [3.05, 3.63) is 54.0 Å². The third kappa shape index (κ3) is 1.72. The van der Waals surface area contributed by atoms with E-state index in [9.17, 15) is 9.18 Å². The smallest absolute Gasteiger partial charge is 0.149 e. The molecule has 0 saturated carbocycles. The Balaban J connectivity index is 2.23. The number of hydrogen-bond donors (Lipinski definition) is 0. The highest BCUT2D eigenvalue weighted by Crippen LogP contribution is 2.30. The Hall–Kier alpha value is -2.03. The number of Topliss-reactive ketones (excluding diaryl/α,β-unsaturated/α-hetero) is 1. The summed E-state index contributed by atoms with van der Waals surface area (Å²) in [7, 11) is 0. The molecule has 0 bridgehead atoms. The molecular formula is C15H12FNO. The zero-order valence-corrected chi connectivity index (χ0v) is 9.77. The van der Waals surface area contributed by atoms with Crippen molar-refractivity contribution in [3.63, 3.8) is 0 Å². The minimum Gasteiger partial charge on any atom is -0.299 e. The van der Waals surface area contributed by atoms with Crippen LogP contribution in [0.5, 0.6) is 0 Å². The quantitative estimate of drug-likeness (QED) is 0.716. The molecule has 1 atom stereocenters. The van der Waals surface area contributed by atoms with E-state index in [0.29, 0.717) is 11.9 Å². The van der Waals surface area contributed by atoms with Gasteiger partial charge in [0.25, 0.3) is 0 Å². The SMILES string of the molecule is O=C1CCC=CC1c1ccnc2c(F)cccc12. The van der Waals surface area contributed by atoms with Crippen LogP contribution in [0.4, 0.5) is 4.39 Å². The minimum absolute atomic E-state index is 0.189. The molecule has 2 nitrogen and oxygen atoms in total. The maximum absolute atomic E-state index is 13.7. The predicted molar refractivity (Wildman–Crippen MR) is 67.8 cm³/mol. The van der Waals surface area contributed by atoms with Crippen LogP contribution in [0, 0.1) is 5.82 Å². The topological polar surface area (TPSA) is 30.0 Å². The van der Waals surface area contributed by atoms with E-state index in [1.54, 1.807) is 18.3 Å². The summed E-state index contributed by atoms with van der Waals surface area (Å²) in [5, 5.41) is 0.724. The van der Waals surface area contributed by atoms with Gasteiger partial charge in [-0.3, -0.25) is 9.78 Å². The molecule has 0 saturated heterocycles. The normalized spacial score (nSPS) is 19.4. The highest BCUT2D eigenvalue weighted by molar-refractivity contribution is 5.94. The van der Waals surface area contributed by atoms with Crippen molar-refractivity contribution >= 4 is 16.7 Å². The zero-order valence-electron chi connectivity index (χ0n) is 9.77. The molecule has 1 unspecified atom stereocenters. The first-order valence-corrected chi connectivity index (χ1v) is 6.00. The Morgan fingerprint density at radius 3 is 3.00 bits per heavy atom. The van der Waals surface area contributed by atoms with Crippen LogP contribution in [-0.2, 0) is 4.79 Å². The highest BCUT2D eigenvalue weighted by Gasteiger charge is 2.22. The van der Waals surface area contributed by atoms with E-state index >= 15 is 0 Å². The van der Waals surface area contributed by atoms with Crippen LogP contribution >= 0.6 is 0 Å². The van der Waals surface area contributed by atoms with Gasteiger partial charge in [0.2, 0.25) is 0 Å². The standard InChI is InChI=1S/C15H12FNO/c16-13-6-3-5-12-10(8-9-17-15(12)13)11-4-1-2-7-14(11)18/h1,3-6,8-9,11H,2,7H2. The van der Waals surface area contributed by atoms with Gasteiger partial charge in [-0.2, -0.15) is 0 Å². The highest BCUT2D eigenvalue weighted by atomic mass is 19.1. The summed E-state index contributed by atoms with van der Waals surface area (Å²) in [6.07, 6.45) is 6.84. The van der Waals surface area contributed by atoms with Gasteiger partial charge in [0, 0.05) is 18.0 Å². The molecule has 1 aromatic carbocycles. The first-order chi connectivity index (χ1) is 8.77. The molecule has 0 radical (unpaired) electrons. The van der Waals surface area contributed by atoms with Gasteiger partial charge < -0.3 is 0 Å². The molecule has 1 heterocycles. The van der Waals surface area contributed by atoms with Gasteiger partial charge in [-0.15, -0.1) is 0 Å². The molecular weight excluding hydrogens is 229 g/mol. The van der Waals surface area contributed by atoms with Crippen molar-refractivity contribution < 1.29 is 9.18 Å². The van der Waals surface area contributed by atoms with E-state index in [-0.39, 0.29) is 17.5 Å². The maximum atomic E-state index is 13.7. The number of carbonyl (C=O) groups excluding carboxylic acids is 1. The summed E-state index contributed by atoms with van der Waals surface area (Å²) in [5.41, 5.74) is 1.18. The van der Waals surface area contributed by atoms with Crippen LogP contribution in [0.15, 0.2) is 42.6 Å². The molecule has 3 heteroatoms. The zero-order chi connectivity index (χ0) is 12.5. The van der Waals surface area contributed by atoms with Crippen molar-refractivity contribution in [2.75, 3.05) is 0 Å². The molecule has 1 aliphatic carbocycles. The second-order valence-corrected chi connectivity index (χ2v) is 4.45. The molecule has 90 valence electrons. The lowest BCUT2D eigenvalue weighted by molar-refractivity contribution is -0.119. The number of carbonyl (C=O) groups is 1. The second kappa shape index (κ2) is 4.33. The monoisotopic (exact) mass is 241 g/mol. The summed E-state index contributed by atoms with van der Waals surface area (Å²) in [4.78, 5) is 16.0. The summed E-state index contributed by atoms with van der Waals surface area (Å²) in [6, 6.07) is 6.66. The van der Waals surface area contributed by atoms with E-state index in [4.69, 9.17) is 0 Å². The van der Waals surface area contributed by atoms with E-state index in [0.717, 1.165) is 17.4 Å². The summed E-state index contributed by atoms with van der Waals surface area (Å²) in [6.45, 7) is 0. The Morgan fingerprint density at radius 1 is 1.28 bits per heavy atom. The molecule has 18 heavy (non-hydrogen) atoms. The maximum Gasteiger partial charge on any atom is 0.149 e. The fourth-order valence-electron chi connectivity index (χ4n) is 2.43. The number of hydrogen-bond acceptors (Lipinski definition) is 2. The number of para-hydroxylation sites is 1. The Bertz CT molecular complexity index is 648. The van der Waals surface area contributed by atoms with Gasteiger partial charge in [0.1, 0.15) is 17.1 Å². The number of benzene rings is 1. The molecule has 0 aliphatic heterocycles. The number of ketones is 1. The lowest BCUT2D eigenvalue weighted by Crippen LogP contribution is -2.13. The largest absolute Gasteiger partial charge is 0.299 e. The van der Waals surface area contributed by atoms with E-state index in [2.05, 4.69) is 4.98 Å². The summed E-state index contributed by atoms with van der Waals surface area (Å²) < 4.78 is 13.7. The van der Waals surface area contributed by atoms with Crippen LogP contribution in [0.1, 0.15) is 24.3 Å². The molecule has 0 fully saturated rings. The number of fused-ring (bicyclic) bond motifs is 1. The third-order valence-electron chi connectivity index (χ3n) is 3.32. The predicted octanol–water partition coefficient (Wildman–Crippen LogP) is 3.38.